The summed E-state index contributed by atoms with van der Waals surface area (Å²) in [6, 6.07) is 12.2. The smallest absolute Gasteiger partial charge is 0.271 e. The van der Waals surface area contributed by atoms with Crippen LogP contribution in [0.3, 0.4) is 0 Å². The van der Waals surface area contributed by atoms with Gasteiger partial charge in [0.15, 0.2) is 6.61 Å². The Balaban J connectivity index is 1.46. The normalized spacial score (nSPS) is 14.1. The fraction of sp³-hybridized carbons (Fsp3) is 0.375. The standard InChI is InChI=1S/C24H29N3O5/c1-30-21-12-18(13-22(14-21)31-2)24(29)27-25-15-17-8-10-20(11-9-17)32-16-23(28)26-19-6-4-3-5-7-19/h8-15,19H,3-7,16H2,1-2H3,(H,26,28)(H,27,29). The molecule has 0 spiro atoms. The summed E-state index contributed by atoms with van der Waals surface area (Å²) < 4.78 is 15.9. The number of rotatable bonds is 9. The van der Waals surface area contributed by atoms with Crippen molar-refractivity contribution < 1.29 is 23.8 Å². The van der Waals surface area contributed by atoms with Gasteiger partial charge in [0, 0.05) is 17.7 Å². The van der Waals surface area contributed by atoms with Crippen molar-refractivity contribution >= 4 is 18.0 Å². The minimum atomic E-state index is -0.387. The van der Waals surface area contributed by atoms with Crippen molar-refractivity contribution in [2.75, 3.05) is 20.8 Å². The van der Waals surface area contributed by atoms with E-state index in [0.717, 1.165) is 18.4 Å². The summed E-state index contributed by atoms with van der Waals surface area (Å²) in [5, 5.41) is 7.01. The molecular weight excluding hydrogens is 410 g/mol. The first kappa shape index (κ1) is 23.1. The summed E-state index contributed by atoms with van der Waals surface area (Å²) in [4.78, 5) is 24.4. The van der Waals surface area contributed by atoms with Gasteiger partial charge in [0.05, 0.1) is 20.4 Å². The molecule has 2 N–H and O–H groups in total. The molecule has 0 unspecified atom stereocenters. The van der Waals surface area contributed by atoms with Crippen LogP contribution in [0.2, 0.25) is 0 Å². The van der Waals surface area contributed by atoms with Crippen molar-refractivity contribution in [3.05, 3.63) is 53.6 Å². The second-order valence-electron chi connectivity index (χ2n) is 7.56. The van der Waals surface area contributed by atoms with E-state index in [0.29, 0.717) is 22.8 Å². The van der Waals surface area contributed by atoms with Crippen LogP contribution in [0.25, 0.3) is 0 Å². The molecule has 8 nitrogen and oxygen atoms in total. The topological polar surface area (TPSA) is 98.2 Å². The predicted molar refractivity (Wildman–Crippen MR) is 122 cm³/mol. The second kappa shape index (κ2) is 11.7. The molecule has 0 saturated heterocycles. The lowest BCUT2D eigenvalue weighted by atomic mass is 9.95. The summed E-state index contributed by atoms with van der Waals surface area (Å²) in [7, 11) is 3.04. The van der Waals surface area contributed by atoms with Crippen LogP contribution >= 0.6 is 0 Å². The van der Waals surface area contributed by atoms with Gasteiger partial charge in [-0.25, -0.2) is 5.43 Å². The van der Waals surface area contributed by atoms with Crippen molar-refractivity contribution in [1.82, 2.24) is 10.7 Å². The lowest BCUT2D eigenvalue weighted by Crippen LogP contribution is -2.38. The Morgan fingerprint density at radius 3 is 2.25 bits per heavy atom. The van der Waals surface area contributed by atoms with E-state index in [4.69, 9.17) is 14.2 Å². The van der Waals surface area contributed by atoms with Crippen LogP contribution in [0.4, 0.5) is 0 Å². The van der Waals surface area contributed by atoms with Crippen LogP contribution in [0.1, 0.15) is 48.0 Å². The molecule has 32 heavy (non-hydrogen) atoms. The Labute approximate surface area is 187 Å². The zero-order valence-corrected chi connectivity index (χ0v) is 18.4. The maximum Gasteiger partial charge on any atom is 0.271 e. The van der Waals surface area contributed by atoms with Gasteiger partial charge in [0.1, 0.15) is 17.2 Å². The van der Waals surface area contributed by atoms with E-state index in [1.807, 2.05) is 0 Å². The molecule has 1 aliphatic rings. The molecule has 1 saturated carbocycles. The lowest BCUT2D eigenvalue weighted by Gasteiger charge is -2.22. The Bertz CT molecular complexity index is 915. The van der Waals surface area contributed by atoms with Crippen molar-refractivity contribution in [3.8, 4) is 17.2 Å². The third kappa shape index (κ3) is 7.01. The predicted octanol–water partition coefficient (Wildman–Crippen LogP) is 3.30. The first-order valence-corrected chi connectivity index (χ1v) is 10.7. The maximum absolute atomic E-state index is 12.3. The van der Waals surface area contributed by atoms with Gasteiger partial charge in [-0.1, -0.05) is 19.3 Å². The zero-order chi connectivity index (χ0) is 22.8. The number of benzene rings is 2. The first-order chi connectivity index (χ1) is 15.6. The lowest BCUT2D eigenvalue weighted by molar-refractivity contribution is -0.124. The van der Waals surface area contributed by atoms with Gasteiger partial charge in [0.2, 0.25) is 0 Å². The van der Waals surface area contributed by atoms with E-state index < -0.39 is 0 Å². The highest BCUT2D eigenvalue weighted by Gasteiger charge is 2.15. The van der Waals surface area contributed by atoms with E-state index in [2.05, 4.69) is 15.8 Å². The number of ether oxygens (including phenoxy) is 3. The Kier molecular flexibility index (Phi) is 8.48. The maximum atomic E-state index is 12.3. The van der Waals surface area contributed by atoms with Crippen LogP contribution in [0.15, 0.2) is 47.6 Å². The molecule has 0 radical (unpaired) electrons. The van der Waals surface area contributed by atoms with Gasteiger partial charge in [-0.2, -0.15) is 5.10 Å². The van der Waals surface area contributed by atoms with Gasteiger partial charge in [-0.05, 0) is 54.8 Å². The highest BCUT2D eigenvalue weighted by atomic mass is 16.5. The number of hydrogen-bond acceptors (Lipinski definition) is 6. The van der Waals surface area contributed by atoms with Crippen LogP contribution in [-0.4, -0.2) is 44.9 Å². The fourth-order valence-electron chi connectivity index (χ4n) is 3.48. The highest BCUT2D eigenvalue weighted by molar-refractivity contribution is 5.95. The van der Waals surface area contributed by atoms with E-state index in [-0.39, 0.29) is 24.5 Å². The van der Waals surface area contributed by atoms with E-state index in [9.17, 15) is 9.59 Å². The summed E-state index contributed by atoms with van der Waals surface area (Å²) in [6.45, 7) is -0.00993. The number of carbonyl (C=O) groups is 2. The van der Waals surface area contributed by atoms with Gasteiger partial charge in [-0.3, -0.25) is 9.59 Å². The molecule has 2 aromatic carbocycles. The molecule has 1 aliphatic carbocycles. The molecule has 2 amide bonds. The number of nitrogens with one attached hydrogen (secondary N) is 2. The molecule has 0 heterocycles. The van der Waals surface area contributed by atoms with Gasteiger partial charge in [-0.15, -0.1) is 0 Å². The molecule has 0 aromatic heterocycles. The highest BCUT2D eigenvalue weighted by Crippen LogP contribution is 2.22. The first-order valence-electron chi connectivity index (χ1n) is 10.7. The minimum Gasteiger partial charge on any atom is -0.497 e. The van der Waals surface area contributed by atoms with Crippen LogP contribution in [-0.2, 0) is 4.79 Å². The number of amides is 2. The molecule has 2 aromatic rings. The van der Waals surface area contributed by atoms with E-state index in [1.165, 1.54) is 39.7 Å². The number of carbonyl (C=O) groups excluding carboxylic acids is 2. The molecule has 0 bridgehead atoms. The van der Waals surface area contributed by atoms with E-state index in [1.54, 1.807) is 42.5 Å². The van der Waals surface area contributed by atoms with Gasteiger partial charge < -0.3 is 19.5 Å². The van der Waals surface area contributed by atoms with Gasteiger partial charge >= 0.3 is 0 Å². The van der Waals surface area contributed by atoms with Gasteiger partial charge in [0.25, 0.3) is 11.8 Å². The monoisotopic (exact) mass is 439 g/mol. The SMILES string of the molecule is COc1cc(OC)cc(C(=O)NN=Cc2ccc(OCC(=O)NC3CCCCC3)cc2)c1. The number of nitrogens with zero attached hydrogens (tertiary/aromatic N) is 1. The van der Waals surface area contributed by atoms with Crippen molar-refractivity contribution in [2.24, 2.45) is 5.10 Å². The number of hydrazone groups is 1. The van der Waals surface area contributed by atoms with Crippen molar-refractivity contribution in [2.45, 2.75) is 38.1 Å². The average Bonchev–Trinajstić information content (AvgIpc) is 2.83. The molecule has 170 valence electrons. The molecule has 0 aliphatic heterocycles. The van der Waals surface area contributed by atoms with Crippen molar-refractivity contribution in [3.63, 3.8) is 0 Å². The molecule has 8 heteroatoms. The average molecular weight is 440 g/mol. The van der Waals surface area contributed by atoms with Crippen molar-refractivity contribution in [1.29, 1.82) is 0 Å². The Morgan fingerprint density at radius 2 is 1.62 bits per heavy atom. The molecular formula is C24H29N3O5. The third-order valence-corrected chi connectivity index (χ3v) is 5.21. The number of methoxy groups -OCH3 is 2. The molecule has 0 atom stereocenters. The molecule has 3 rings (SSSR count). The largest absolute Gasteiger partial charge is 0.497 e. The second-order valence-corrected chi connectivity index (χ2v) is 7.56. The minimum absolute atomic E-state index is 0.00993. The van der Waals surface area contributed by atoms with Crippen LogP contribution < -0.4 is 25.0 Å². The Morgan fingerprint density at radius 1 is 0.969 bits per heavy atom. The fourth-order valence-corrected chi connectivity index (χ4v) is 3.48. The quantitative estimate of drug-likeness (QED) is 0.462. The third-order valence-electron chi connectivity index (χ3n) is 5.21. The number of hydrogen-bond donors (Lipinski definition) is 2. The summed E-state index contributed by atoms with van der Waals surface area (Å²) >= 11 is 0. The summed E-state index contributed by atoms with van der Waals surface area (Å²) in [5.41, 5.74) is 3.62. The Hall–Kier alpha value is -3.55. The zero-order valence-electron chi connectivity index (χ0n) is 18.4. The summed E-state index contributed by atoms with van der Waals surface area (Å²) in [5.74, 6) is 1.14. The summed E-state index contributed by atoms with van der Waals surface area (Å²) in [6.07, 6.45) is 7.20. The molecule has 1 fully saturated rings. The van der Waals surface area contributed by atoms with E-state index >= 15 is 0 Å². The van der Waals surface area contributed by atoms with Crippen LogP contribution in [0, 0.1) is 0 Å². The van der Waals surface area contributed by atoms with Crippen LogP contribution in [0.5, 0.6) is 17.2 Å².